The first-order chi connectivity index (χ1) is 11.2. The quantitative estimate of drug-likeness (QED) is 0.498. The van der Waals surface area contributed by atoms with E-state index in [0.717, 1.165) is 5.56 Å². The van der Waals surface area contributed by atoms with Crippen molar-refractivity contribution in [2.24, 2.45) is 5.92 Å². The molecule has 0 aromatic heterocycles. The second-order valence-electron chi connectivity index (χ2n) is 5.06. The number of hydrogen-bond donors (Lipinski definition) is 2. The molecule has 0 aliphatic rings. The van der Waals surface area contributed by atoms with Crippen LogP contribution in [0.15, 0.2) is 30.3 Å². The average Bonchev–Trinajstić information content (AvgIpc) is 2.50. The van der Waals surface area contributed by atoms with E-state index in [9.17, 15) is 22.6 Å². The fourth-order valence-corrected chi connectivity index (χ4v) is 2.78. The third-order valence-corrected chi connectivity index (χ3v) is 3.94. The van der Waals surface area contributed by atoms with Crippen molar-refractivity contribution in [2.45, 2.75) is 19.6 Å². The van der Waals surface area contributed by atoms with Crippen molar-refractivity contribution in [1.82, 2.24) is 10.8 Å². The number of hydrogen-bond acceptors (Lipinski definition) is 7. The molecule has 0 saturated heterocycles. The molecule has 2 amide bonds. The van der Waals surface area contributed by atoms with Crippen molar-refractivity contribution in [3.63, 3.8) is 0 Å². The van der Waals surface area contributed by atoms with Crippen molar-refractivity contribution in [1.29, 1.82) is 0 Å². The molecule has 1 aromatic rings. The molecule has 0 fully saturated rings. The van der Waals surface area contributed by atoms with Gasteiger partial charge in [0.25, 0.3) is 5.91 Å². The third kappa shape index (κ3) is 7.40. The van der Waals surface area contributed by atoms with E-state index in [2.05, 4.69) is 10.2 Å². The molecule has 0 bridgehead atoms. The number of carbonyl (C=O) groups excluding carboxylic acids is 2. The fraction of sp³-hybridized carbons (Fsp3) is 0.429. The third-order valence-electron chi connectivity index (χ3n) is 3.01. The van der Waals surface area contributed by atoms with Crippen molar-refractivity contribution in [2.75, 3.05) is 12.9 Å². The number of rotatable bonds is 8. The van der Waals surface area contributed by atoms with Crippen molar-refractivity contribution in [3.8, 4) is 0 Å². The van der Waals surface area contributed by atoms with Gasteiger partial charge in [-0.1, -0.05) is 37.3 Å². The Kier molecular flexibility index (Phi) is 7.62. The van der Waals surface area contributed by atoms with Crippen LogP contribution in [0.1, 0.15) is 12.5 Å². The van der Waals surface area contributed by atoms with Crippen LogP contribution in [0.3, 0.4) is 0 Å². The van der Waals surface area contributed by atoms with Crippen LogP contribution in [-0.4, -0.2) is 43.9 Å². The van der Waals surface area contributed by atoms with Crippen molar-refractivity contribution in [3.05, 3.63) is 35.9 Å². The van der Waals surface area contributed by atoms with Gasteiger partial charge >= 0.3 is 6.09 Å². The summed E-state index contributed by atoms with van der Waals surface area (Å²) < 4.78 is 37.6. The molecule has 0 saturated carbocycles. The van der Waals surface area contributed by atoms with E-state index in [1.165, 1.54) is 14.0 Å². The first kappa shape index (κ1) is 19.9. The first-order valence-corrected chi connectivity index (χ1v) is 8.54. The molecule has 0 spiro atoms. The highest BCUT2D eigenvalue weighted by Gasteiger charge is 2.29. The van der Waals surface area contributed by atoms with Gasteiger partial charge in [0.05, 0.1) is 17.2 Å². The van der Waals surface area contributed by atoms with Crippen LogP contribution in [-0.2, 0) is 31.1 Å². The number of ether oxygens (including phenoxy) is 1. The molecular formula is C14H19N2O7S-. The highest BCUT2D eigenvalue weighted by atomic mass is 32.2. The van der Waals surface area contributed by atoms with E-state index in [1.807, 2.05) is 5.48 Å². The van der Waals surface area contributed by atoms with E-state index in [0.29, 0.717) is 0 Å². The van der Waals surface area contributed by atoms with Gasteiger partial charge in [-0.05, 0) is 11.5 Å². The Morgan fingerprint density at radius 1 is 1.25 bits per heavy atom. The Balaban J connectivity index is 2.69. The van der Waals surface area contributed by atoms with E-state index in [4.69, 9.17) is 4.74 Å². The van der Waals surface area contributed by atoms with Crippen LogP contribution in [0, 0.1) is 5.92 Å². The number of carbonyl (C=O) groups is 2. The molecule has 9 nitrogen and oxygen atoms in total. The molecule has 0 aliphatic heterocycles. The summed E-state index contributed by atoms with van der Waals surface area (Å²) in [7, 11) is -3.39. The smallest absolute Gasteiger partial charge is 0.408 e. The van der Waals surface area contributed by atoms with E-state index >= 15 is 0 Å². The monoisotopic (exact) mass is 359 g/mol. The maximum Gasteiger partial charge on any atom is 0.408 e. The van der Waals surface area contributed by atoms with Crippen molar-refractivity contribution < 1.29 is 32.1 Å². The standard InChI is InChI=1S/C14H20N2O7S/c1-10(9-24(19,20)21)12(13(17)16-22-2)15-14(18)23-8-11-6-4-3-5-7-11/h3-7,10,12H,8-9H2,1-2H3,(H,15,18)(H,16,17)(H,19,20,21)/p-1/t10-,12-/m1/s1. The zero-order chi connectivity index (χ0) is 18.2. The first-order valence-electron chi connectivity index (χ1n) is 6.96. The molecular weight excluding hydrogens is 340 g/mol. The van der Waals surface area contributed by atoms with Crippen molar-refractivity contribution >= 4 is 22.1 Å². The minimum absolute atomic E-state index is 0.0282. The largest absolute Gasteiger partial charge is 0.748 e. The topological polar surface area (TPSA) is 134 Å². The van der Waals surface area contributed by atoms with Crippen LogP contribution in [0.25, 0.3) is 0 Å². The highest BCUT2D eigenvalue weighted by molar-refractivity contribution is 7.85. The number of hydroxylamine groups is 1. The predicted molar refractivity (Wildman–Crippen MR) is 82.4 cm³/mol. The van der Waals surface area contributed by atoms with E-state index < -0.39 is 39.8 Å². The summed E-state index contributed by atoms with van der Waals surface area (Å²) in [5, 5.41) is 2.24. The Morgan fingerprint density at radius 2 is 1.88 bits per heavy atom. The molecule has 0 heterocycles. The van der Waals surface area contributed by atoms with Gasteiger partial charge < -0.3 is 14.6 Å². The zero-order valence-corrected chi connectivity index (χ0v) is 14.0. The summed E-state index contributed by atoms with van der Waals surface area (Å²) in [5.41, 5.74) is 2.72. The van der Waals surface area contributed by atoms with Crippen LogP contribution < -0.4 is 10.8 Å². The van der Waals surface area contributed by atoms with E-state index in [1.54, 1.807) is 30.3 Å². The molecule has 0 radical (unpaired) electrons. The van der Waals surface area contributed by atoms with Crippen LogP contribution in [0.5, 0.6) is 0 Å². The lowest BCUT2D eigenvalue weighted by atomic mass is 10.0. The van der Waals surface area contributed by atoms with Gasteiger partial charge in [-0.2, -0.15) is 0 Å². The van der Waals surface area contributed by atoms with Crippen LogP contribution in [0.4, 0.5) is 4.79 Å². The minimum Gasteiger partial charge on any atom is -0.748 e. The Hall–Kier alpha value is -2.17. The molecule has 2 atom stereocenters. The van der Waals surface area contributed by atoms with E-state index in [-0.39, 0.29) is 6.61 Å². The Bertz CT molecular complexity index is 648. The van der Waals surface area contributed by atoms with Crippen LogP contribution in [0.2, 0.25) is 0 Å². The molecule has 10 heteroatoms. The average molecular weight is 359 g/mol. The summed E-state index contributed by atoms with van der Waals surface area (Å²) in [4.78, 5) is 28.2. The number of nitrogens with one attached hydrogen (secondary N) is 2. The van der Waals surface area contributed by atoms with Gasteiger partial charge in [0.2, 0.25) is 0 Å². The number of amides is 2. The number of benzene rings is 1. The normalized spacial score (nSPS) is 13.6. The van der Waals surface area contributed by atoms with Gasteiger partial charge in [0.15, 0.2) is 0 Å². The second kappa shape index (κ2) is 9.21. The summed E-state index contributed by atoms with van der Waals surface area (Å²) >= 11 is 0. The predicted octanol–water partition coefficient (Wildman–Crippen LogP) is 0.140. The summed E-state index contributed by atoms with van der Waals surface area (Å²) in [6.45, 7) is 1.31. The lowest BCUT2D eigenvalue weighted by Crippen LogP contribution is -2.51. The highest BCUT2D eigenvalue weighted by Crippen LogP contribution is 2.08. The maximum absolute atomic E-state index is 11.9. The van der Waals surface area contributed by atoms with Crippen LogP contribution >= 0.6 is 0 Å². The molecule has 0 unspecified atom stereocenters. The molecule has 0 aliphatic carbocycles. The fourth-order valence-electron chi connectivity index (χ4n) is 1.94. The number of alkyl carbamates (subject to hydrolysis) is 1. The van der Waals surface area contributed by atoms with Gasteiger partial charge in [-0.25, -0.2) is 18.7 Å². The zero-order valence-electron chi connectivity index (χ0n) is 13.2. The second-order valence-corrected chi connectivity index (χ2v) is 6.50. The molecule has 2 N–H and O–H groups in total. The summed E-state index contributed by atoms with van der Waals surface area (Å²) in [6, 6.07) is 7.53. The molecule has 134 valence electrons. The van der Waals surface area contributed by atoms with Gasteiger partial charge in [0, 0.05) is 5.75 Å². The molecule has 1 aromatic carbocycles. The van der Waals surface area contributed by atoms with Gasteiger partial charge in [-0.15, -0.1) is 0 Å². The lowest BCUT2D eigenvalue weighted by molar-refractivity contribution is -0.134. The minimum atomic E-state index is -4.57. The summed E-state index contributed by atoms with van der Waals surface area (Å²) in [5.74, 6) is -2.61. The SMILES string of the molecule is CONC(=O)[C@H](NC(=O)OCc1ccccc1)[C@H](C)CS(=O)(=O)[O-]. The summed E-state index contributed by atoms with van der Waals surface area (Å²) in [6.07, 6.45) is -0.926. The molecule has 24 heavy (non-hydrogen) atoms. The van der Waals surface area contributed by atoms with Gasteiger partial charge in [0.1, 0.15) is 12.6 Å². The molecule has 1 rings (SSSR count). The Morgan fingerprint density at radius 3 is 2.42 bits per heavy atom. The lowest BCUT2D eigenvalue weighted by Gasteiger charge is -2.24. The maximum atomic E-state index is 11.9. The Labute approximate surface area is 140 Å². The van der Waals surface area contributed by atoms with Gasteiger partial charge in [-0.3, -0.25) is 9.63 Å².